The van der Waals surface area contributed by atoms with Crippen molar-refractivity contribution in [2.75, 3.05) is 13.2 Å². The van der Waals surface area contributed by atoms with Crippen LogP contribution in [0.15, 0.2) is 0 Å². The number of hydrogen-bond acceptors (Lipinski definition) is 6. The van der Waals surface area contributed by atoms with Crippen LogP contribution in [0.5, 0.6) is 0 Å². The Morgan fingerprint density at radius 1 is 0.286 bits per heavy atom. The molecule has 0 rings (SSSR count). The van der Waals surface area contributed by atoms with Crippen molar-refractivity contribution >= 4 is 17.9 Å². The number of rotatable bonds is 46. The van der Waals surface area contributed by atoms with E-state index in [2.05, 4.69) is 20.8 Å². The summed E-state index contributed by atoms with van der Waals surface area (Å²) in [5, 5.41) is 0. The Morgan fingerprint density at radius 2 is 0.482 bits per heavy atom. The molecule has 0 bridgehead atoms. The van der Waals surface area contributed by atoms with Crippen molar-refractivity contribution in [3.63, 3.8) is 0 Å². The molecule has 0 heterocycles. The van der Waals surface area contributed by atoms with Crippen LogP contribution in [-0.4, -0.2) is 37.2 Å². The fraction of sp³-hybridized carbons (Fsp3) is 0.940. The standard InChI is InChI=1S/C50H96O6/c1-4-7-10-13-16-19-21-22-23-24-25-26-27-28-29-32-34-37-40-43-49(52)55-46-47(45-54-48(51)42-39-36-33-30-18-15-12-9-6-3)56-50(53)44-41-38-35-31-20-17-14-11-8-5-2/h47H,4-46H2,1-3H3. The molecule has 0 N–H and O–H groups in total. The van der Waals surface area contributed by atoms with Gasteiger partial charge >= 0.3 is 17.9 Å². The number of esters is 3. The molecule has 6 heteroatoms. The molecule has 0 aliphatic carbocycles. The molecule has 0 saturated heterocycles. The summed E-state index contributed by atoms with van der Waals surface area (Å²) in [4.78, 5) is 37.7. The van der Waals surface area contributed by atoms with Gasteiger partial charge in [0, 0.05) is 19.3 Å². The van der Waals surface area contributed by atoms with Crippen LogP contribution in [0.4, 0.5) is 0 Å². The van der Waals surface area contributed by atoms with Crippen molar-refractivity contribution in [3.05, 3.63) is 0 Å². The highest BCUT2D eigenvalue weighted by atomic mass is 16.6. The third kappa shape index (κ3) is 43.5. The molecule has 0 spiro atoms. The summed E-state index contributed by atoms with van der Waals surface area (Å²) in [7, 11) is 0. The van der Waals surface area contributed by atoms with Crippen molar-refractivity contribution in [1.29, 1.82) is 0 Å². The van der Waals surface area contributed by atoms with Crippen molar-refractivity contribution in [2.45, 2.75) is 290 Å². The molecular weight excluding hydrogens is 697 g/mol. The number of unbranched alkanes of at least 4 members (excludes halogenated alkanes) is 35. The molecule has 56 heavy (non-hydrogen) atoms. The maximum atomic E-state index is 12.7. The predicted octanol–water partition coefficient (Wildman–Crippen LogP) is 16.0. The Hall–Kier alpha value is -1.59. The molecule has 6 nitrogen and oxygen atoms in total. The van der Waals surface area contributed by atoms with Crippen LogP contribution in [-0.2, 0) is 28.6 Å². The number of carbonyl (C=O) groups excluding carboxylic acids is 3. The Labute approximate surface area is 348 Å². The van der Waals surface area contributed by atoms with Gasteiger partial charge in [-0.25, -0.2) is 0 Å². The highest BCUT2D eigenvalue weighted by molar-refractivity contribution is 5.71. The minimum Gasteiger partial charge on any atom is -0.462 e. The largest absolute Gasteiger partial charge is 0.462 e. The monoisotopic (exact) mass is 793 g/mol. The second-order valence-electron chi connectivity index (χ2n) is 17.1. The van der Waals surface area contributed by atoms with Gasteiger partial charge in [0.05, 0.1) is 0 Å². The molecule has 0 aromatic carbocycles. The highest BCUT2D eigenvalue weighted by Gasteiger charge is 2.19. The van der Waals surface area contributed by atoms with Crippen LogP contribution in [0.3, 0.4) is 0 Å². The van der Waals surface area contributed by atoms with E-state index in [-0.39, 0.29) is 31.1 Å². The van der Waals surface area contributed by atoms with Gasteiger partial charge in [-0.2, -0.15) is 0 Å². The Morgan fingerprint density at radius 3 is 0.714 bits per heavy atom. The Kier molecular flexibility index (Phi) is 44.8. The molecule has 332 valence electrons. The van der Waals surface area contributed by atoms with Crippen molar-refractivity contribution in [2.24, 2.45) is 0 Å². The molecule has 1 unspecified atom stereocenters. The number of carbonyl (C=O) groups is 3. The van der Waals surface area contributed by atoms with E-state index in [9.17, 15) is 14.4 Å². The smallest absolute Gasteiger partial charge is 0.306 e. The first kappa shape index (κ1) is 54.4. The molecule has 0 aliphatic rings. The van der Waals surface area contributed by atoms with Gasteiger partial charge in [-0.05, 0) is 19.3 Å². The summed E-state index contributed by atoms with van der Waals surface area (Å²) >= 11 is 0. The maximum Gasteiger partial charge on any atom is 0.306 e. The number of hydrogen-bond donors (Lipinski definition) is 0. The van der Waals surface area contributed by atoms with Crippen LogP contribution >= 0.6 is 0 Å². The van der Waals surface area contributed by atoms with E-state index in [0.717, 1.165) is 57.8 Å². The zero-order valence-corrected chi connectivity index (χ0v) is 37.9. The maximum absolute atomic E-state index is 12.7. The van der Waals surface area contributed by atoms with Crippen molar-refractivity contribution in [1.82, 2.24) is 0 Å². The van der Waals surface area contributed by atoms with E-state index in [1.807, 2.05) is 0 Å². The Bertz CT molecular complexity index is 828. The zero-order valence-electron chi connectivity index (χ0n) is 37.9. The normalized spacial score (nSPS) is 11.8. The summed E-state index contributed by atoms with van der Waals surface area (Å²) < 4.78 is 16.7. The predicted molar refractivity (Wildman–Crippen MR) is 238 cm³/mol. The lowest BCUT2D eigenvalue weighted by molar-refractivity contribution is -0.167. The first-order valence-electron chi connectivity index (χ1n) is 25.0. The minimum atomic E-state index is -0.758. The average Bonchev–Trinajstić information content (AvgIpc) is 3.19. The summed E-state index contributed by atoms with van der Waals surface area (Å²) in [6, 6.07) is 0. The van der Waals surface area contributed by atoms with Crippen LogP contribution < -0.4 is 0 Å². The third-order valence-corrected chi connectivity index (χ3v) is 11.4. The van der Waals surface area contributed by atoms with Crippen LogP contribution in [0.2, 0.25) is 0 Å². The van der Waals surface area contributed by atoms with Gasteiger partial charge in [0.25, 0.3) is 0 Å². The van der Waals surface area contributed by atoms with Gasteiger partial charge in [-0.3, -0.25) is 14.4 Å². The highest BCUT2D eigenvalue weighted by Crippen LogP contribution is 2.16. The summed E-state index contributed by atoms with van der Waals surface area (Å²) in [5.41, 5.74) is 0. The van der Waals surface area contributed by atoms with Gasteiger partial charge in [0.1, 0.15) is 13.2 Å². The van der Waals surface area contributed by atoms with E-state index >= 15 is 0 Å². The van der Waals surface area contributed by atoms with E-state index < -0.39 is 6.10 Å². The van der Waals surface area contributed by atoms with Gasteiger partial charge in [-0.15, -0.1) is 0 Å². The second-order valence-corrected chi connectivity index (χ2v) is 17.1. The van der Waals surface area contributed by atoms with Crippen molar-refractivity contribution < 1.29 is 28.6 Å². The SMILES string of the molecule is CCCCCCCCCCCCCCCCCCCCCC(=O)OCC(COC(=O)CCCCCCCCCCC)OC(=O)CCCCCCCCCCCC. The molecular formula is C50H96O6. The fourth-order valence-electron chi connectivity index (χ4n) is 7.56. The van der Waals surface area contributed by atoms with Gasteiger partial charge in [0.15, 0.2) is 6.10 Å². The lowest BCUT2D eigenvalue weighted by atomic mass is 10.0. The van der Waals surface area contributed by atoms with E-state index in [1.54, 1.807) is 0 Å². The first-order valence-corrected chi connectivity index (χ1v) is 25.0. The molecule has 1 atom stereocenters. The van der Waals surface area contributed by atoms with E-state index in [1.165, 1.54) is 186 Å². The molecule has 0 saturated carbocycles. The summed E-state index contributed by atoms with van der Waals surface area (Å²) in [6.45, 7) is 6.64. The number of ether oxygens (including phenoxy) is 3. The minimum absolute atomic E-state index is 0.0625. The topological polar surface area (TPSA) is 78.9 Å². The molecule has 0 aromatic heterocycles. The van der Waals surface area contributed by atoms with Gasteiger partial charge in [0.2, 0.25) is 0 Å². The van der Waals surface area contributed by atoms with Crippen molar-refractivity contribution in [3.8, 4) is 0 Å². The first-order chi connectivity index (χ1) is 27.5. The average molecular weight is 793 g/mol. The molecule has 0 aliphatic heterocycles. The van der Waals surface area contributed by atoms with Crippen LogP contribution in [0.25, 0.3) is 0 Å². The molecule has 0 amide bonds. The Balaban J connectivity index is 4.18. The third-order valence-electron chi connectivity index (χ3n) is 11.4. The summed E-state index contributed by atoms with van der Waals surface area (Å²) in [5.74, 6) is -0.850. The molecule has 0 fully saturated rings. The zero-order chi connectivity index (χ0) is 40.8. The van der Waals surface area contributed by atoms with Crippen LogP contribution in [0.1, 0.15) is 284 Å². The lowest BCUT2D eigenvalue weighted by Gasteiger charge is -2.18. The van der Waals surface area contributed by atoms with Gasteiger partial charge < -0.3 is 14.2 Å². The second kappa shape index (κ2) is 46.1. The molecule has 0 aromatic rings. The van der Waals surface area contributed by atoms with Gasteiger partial charge in [-0.1, -0.05) is 245 Å². The summed E-state index contributed by atoms with van der Waals surface area (Å²) in [6.07, 6.45) is 48.1. The molecule has 0 radical (unpaired) electrons. The van der Waals surface area contributed by atoms with E-state index in [4.69, 9.17) is 14.2 Å². The quantitative estimate of drug-likeness (QED) is 0.0347. The van der Waals surface area contributed by atoms with Crippen LogP contribution in [0, 0.1) is 0 Å². The fourth-order valence-corrected chi connectivity index (χ4v) is 7.56. The van der Waals surface area contributed by atoms with E-state index in [0.29, 0.717) is 19.3 Å². The lowest BCUT2D eigenvalue weighted by Crippen LogP contribution is -2.30.